The number of phenolic OH excluding ortho intramolecular Hbond substituents is 1. The maximum Gasteiger partial charge on any atom is 0.225 e. The predicted octanol–water partition coefficient (Wildman–Crippen LogP) is 6.68. The SMILES string of the molecule is CC(CC(=O)Nc1ccccc1O)c1ccc(OCc2ccccc2)cc1OCc1ccccc1. The number of nitrogens with one attached hydrogen (secondary N) is 1. The lowest BCUT2D eigenvalue weighted by Crippen LogP contribution is -2.15. The minimum atomic E-state index is -0.183. The number of para-hydroxylation sites is 2. The zero-order valence-corrected chi connectivity index (χ0v) is 19.7. The first-order chi connectivity index (χ1) is 17.1. The summed E-state index contributed by atoms with van der Waals surface area (Å²) in [7, 11) is 0. The van der Waals surface area contributed by atoms with Crippen molar-refractivity contribution in [3.8, 4) is 17.2 Å². The summed E-state index contributed by atoms with van der Waals surface area (Å²) in [6.07, 6.45) is 0.236. The Kier molecular flexibility index (Phi) is 8.02. The van der Waals surface area contributed by atoms with Crippen LogP contribution in [-0.2, 0) is 18.0 Å². The van der Waals surface area contributed by atoms with Crippen molar-refractivity contribution in [1.82, 2.24) is 0 Å². The lowest BCUT2D eigenvalue weighted by molar-refractivity contribution is -0.116. The van der Waals surface area contributed by atoms with Gasteiger partial charge in [0.25, 0.3) is 0 Å². The third-order valence-electron chi connectivity index (χ3n) is 5.67. The van der Waals surface area contributed by atoms with Crippen LogP contribution in [0, 0.1) is 0 Å². The number of amides is 1. The molecule has 0 aliphatic rings. The molecule has 4 rings (SSSR count). The Balaban J connectivity index is 1.49. The van der Waals surface area contributed by atoms with Crippen molar-refractivity contribution >= 4 is 11.6 Å². The Bertz CT molecular complexity index is 1240. The predicted molar refractivity (Wildman–Crippen MR) is 138 cm³/mol. The molecular weight excluding hydrogens is 438 g/mol. The zero-order valence-electron chi connectivity index (χ0n) is 19.7. The molecule has 2 N–H and O–H groups in total. The first-order valence-corrected chi connectivity index (χ1v) is 11.6. The molecule has 178 valence electrons. The number of ether oxygens (including phenoxy) is 2. The van der Waals surface area contributed by atoms with Crippen LogP contribution in [-0.4, -0.2) is 11.0 Å². The van der Waals surface area contributed by atoms with Gasteiger partial charge >= 0.3 is 0 Å². The highest BCUT2D eigenvalue weighted by Gasteiger charge is 2.18. The van der Waals surface area contributed by atoms with Gasteiger partial charge in [0.1, 0.15) is 30.5 Å². The summed E-state index contributed by atoms with van der Waals surface area (Å²) in [6.45, 7) is 2.85. The van der Waals surface area contributed by atoms with Crippen LogP contribution in [0.4, 0.5) is 5.69 Å². The second kappa shape index (κ2) is 11.7. The smallest absolute Gasteiger partial charge is 0.225 e. The van der Waals surface area contributed by atoms with Crippen molar-refractivity contribution in [2.75, 3.05) is 5.32 Å². The molecule has 0 radical (unpaired) electrons. The molecule has 0 spiro atoms. The van der Waals surface area contributed by atoms with Gasteiger partial charge in [-0.3, -0.25) is 4.79 Å². The molecule has 5 heteroatoms. The fraction of sp³-hybridized carbons (Fsp3) is 0.167. The number of aromatic hydroxyl groups is 1. The molecule has 1 amide bonds. The van der Waals surface area contributed by atoms with Crippen LogP contribution in [0.5, 0.6) is 17.2 Å². The molecule has 5 nitrogen and oxygen atoms in total. The summed E-state index contributed by atoms with van der Waals surface area (Å²) in [5.74, 6) is 1.13. The highest BCUT2D eigenvalue weighted by atomic mass is 16.5. The lowest BCUT2D eigenvalue weighted by atomic mass is 9.96. The molecule has 1 unspecified atom stereocenters. The first kappa shape index (κ1) is 23.9. The molecule has 4 aromatic carbocycles. The summed E-state index contributed by atoms with van der Waals surface area (Å²) >= 11 is 0. The second-order valence-corrected chi connectivity index (χ2v) is 8.42. The van der Waals surface area contributed by atoms with E-state index >= 15 is 0 Å². The molecule has 0 aliphatic heterocycles. The minimum Gasteiger partial charge on any atom is -0.506 e. The Morgan fingerprint density at radius 2 is 1.40 bits per heavy atom. The van der Waals surface area contributed by atoms with Crippen molar-refractivity contribution in [2.24, 2.45) is 0 Å². The maximum atomic E-state index is 12.7. The molecule has 0 heterocycles. The maximum absolute atomic E-state index is 12.7. The number of hydrogen-bond acceptors (Lipinski definition) is 4. The molecule has 1 atom stereocenters. The molecule has 0 saturated heterocycles. The van der Waals surface area contributed by atoms with E-state index in [4.69, 9.17) is 9.47 Å². The molecular formula is C30H29NO4. The summed E-state index contributed by atoms with van der Waals surface area (Å²) in [5.41, 5.74) is 3.45. The van der Waals surface area contributed by atoms with Gasteiger partial charge in [-0.15, -0.1) is 0 Å². The van der Waals surface area contributed by atoms with Crippen molar-refractivity contribution in [3.63, 3.8) is 0 Å². The third-order valence-corrected chi connectivity index (χ3v) is 5.67. The van der Waals surface area contributed by atoms with E-state index in [1.165, 1.54) is 0 Å². The molecule has 0 aromatic heterocycles. The summed E-state index contributed by atoms with van der Waals surface area (Å²) in [5, 5.41) is 12.7. The van der Waals surface area contributed by atoms with Crippen molar-refractivity contribution in [1.29, 1.82) is 0 Å². The van der Waals surface area contributed by atoms with Gasteiger partial charge < -0.3 is 19.9 Å². The summed E-state index contributed by atoms with van der Waals surface area (Å²) in [4.78, 5) is 12.7. The van der Waals surface area contributed by atoms with Crippen LogP contribution in [0.25, 0.3) is 0 Å². The molecule has 0 aliphatic carbocycles. The zero-order chi connectivity index (χ0) is 24.5. The van der Waals surface area contributed by atoms with Crippen LogP contribution < -0.4 is 14.8 Å². The molecule has 0 bridgehead atoms. The van der Waals surface area contributed by atoms with Crippen LogP contribution in [0.2, 0.25) is 0 Å². The van der Waals surface area contributed by atoms with Gasteiger partial charge in [0.2, 0.25) is 5.91 Å². The number of phenols is 1. The molecule has 0 saturated carbocycles. The Morgan fingerprint density at radius 3 is 2.06 bits per heavy atom. The minimum absolute atomic E-state index is 0.0419. The fourth-order valence-corrected chi connectivity index (χ4v) is 3.78. The second-order valence-electron chi connectivity index (χ2n) is 8.42. The standard InChI is InChI=1S/C30H29NO4/c1-22(18-30(33)31-27-14-8-9-15-28(27)32)26-17-16-25(34-20-23-10-4-2-5-11-23)19-29(26)35-21-24-12-6-3-7-13-24/h2-17,19,22,32H,18,20-21H2,1H3,(H,31,33). The van der Waals surface area contributed by atoms with Gasteiger partial charge in [-0.2, -0.15) is 0 Å². The average molecular weight is 468 g/mol. The van der Waals surface area contributed by atoms with Gasteiger partial charge in [-0.25, -0.2) is 0 Å². The van der Waals surface area contributed by atoms with Gasteiger partial charge in [0, 0.05) is 12.5 Å². The van der Waals surface area contributed by atoms with E-state index in [2.05, 4.69) is 5.32 Å². The first-order valence-electron chi connectivity index (χ1n) is 11.6. The van der Waals surface area contributed by atoms with Crippen LogP contribution >= 0.6 is 0 Å². The van der Waals surface area contributed by atoms with Crippen LogP contribution in [0.3, 0.4) is 0 Å². The average Bonchev–Trinajstić information content (AvgIpc) is 2.89. The van der Waals surface area contributed by atoms with Gasteiger partial charge in [-0.1, -0.05) is 85.8 Å². The van der Waals surface area contributed by atoms with Gasteiger partial charge in [0.15, 0.2) is 0 Å². The summed E-state index contributed by atoms with van der Waals surface area (Å²) in [6, 6.07) is 32.4. The van der Waals surface area contributed by atoms with E-state index in [9.17, 15) is 9.90 Å². The van der Waals surface area contributed by atoms with Gasteiger partial charge in [0.05, 0.1) is 5.69 Å². The largest absolute Gasteiger partial charge is 0.506 e. The number of carbonyl (C=O) groups is 1. The van der Waals surface area contributed by atoms with E-state index in [-0.39, 0.29) is 24.0 Å². The quantitative estimate of drug-likeness (QED) is 0.255. The molecule has 0 fully saturated rings. The van der Waals surface area contributed by atoms with E-state index in [0.29, 0.717) is 30.4 Å². The van der Waals surface area contributed by atoms with Crippen molar-refractivity contribution in [2.45, 2.75) is 32.5 Å². The highest BCUT2D eigenvalue weighted by molar-refractivity contribution is 5.92. The van der Waals surface area contributed by atoms with Gasteiger partial charge in [-0.05, 0) is 40.8 Å². The Morgan fingerprint density at radius 1 is 0.800 bits per heavy atom. The summed E-state index contributed by atoms with van der Waals surface area (Å²) < 4.78 is 12.2. The Hall–Kier alpha value is -4.25. The number of rotatable bonds is 10. The number of benzene rings is 4. The van der Waals surface area contributed by atoms with E-state index in [1.54, 1.807) is 24.3 Å². The lowest BCUT2D eigenvalue weighted by Gasteiger charge is -2.19. The number of anilines is 1. The van der Waals surface area contributed by atoms with Crippen LogP contribution in [0.15, 0.2) is 103 Å². The van der Waals surface area contributed by atoms with E-state index < -0.39 is 0 Å². The number of hydrogen-bond donors (Lipinski definition) is 2. The third kappa shape index (κ3) is 6.87. The Labute approximate surface area is 206 Å². The van der Waals surface area contributed by atoms with Crippen molar-refractivity contribution in [3.05, 3.63) is 120 Å². The molecule has 4 aromatic rings. The highest BCUT2D eigenvalue weighted by Crippen LogP contribution is 2.34. The van der Waals surface area contributed by atoms with E-state index in [0.717, 1.165) is 16.7 Å². The fourth-order valence-electron chi connectivity index (χ4n) is 3.78. The number of carbonyl (C=O) groups excluding carboxylic acids is 1. The normalized spacial score (nSPS) is 11.5. The monoisotopic (exact) mass is 467 g/mol. The molecule has 35 heavy (non-hydrogen) atoms. The van der Waals surface area contributed by atoms with E-state index in [1.807, 2.05) is 85.8 Å². The van der Waals surface area contributed by atoms with Crippen LogP contribution in [0.1, 0.15) is 36.0 Å². The van der Waals surface area contributed by atoms with Crippen molar-refractivity contribution < 1.29 is 19.4 Å². The topological polar surface area (TPSA) is 67.8 Å².